The zero-order chi connectivity index (χ0) is 15.4. The number of hydrogen-bond acceptors (Lipinski definition) is 4. The van der Waals surface area contributed by atoms with Crippen molar-refractivity contribution in [3.8, 4) is 0 Å². The van der Waals surface area contributed by atoms with Crippen LogP contribution in [0.1, 0.15) is 25.3 Å². The standard InChI is InChI=1S/C17H26N4O/c1-13-5-7-21(8-6-13)12-16(22)11-18-9-14-3-2-4-15-10-19-20-17(14)15/h2-4,10,13,16,18,22H,5-9,11-12H2,1H3,(H,19,20). The molecule has 1 fully saturated rings. The lowest BCUT2D eigenvalue weighted by atomic mass is 9.99. The normalized spacial score (nSPS) is 18.8. The maximum atomic E-state index is 10.2. The van der Waals surface area contributed by atoms with Gasteiger partial charge in [0.05, 0.1) is 17.8 Å². The zero-order valence-corrected chi connectivity index (χ0v) is 13.3. The van der Waals surface area contributed by atoms with Crippen molar-refractivity contribution in [2.75, 3.05) is 26.2 Å². The van der Waals surface area contributed by atoms with Crippen molar-refractivity contribution in [3.63, 3.8) is 0 Å². The molecule has 0 bridgehead atoms. The van der Waals surface area contributed by atoms with Crippen LogP contribution in [0.25, 0.3) is 10.9 Å². The van der Waals surface area contributed by atoms with Crippen LogP contribution in [-0.2, 0) is 6.54 Å². The van der Waals surface area contributed by atoms with Crippen molar-refractivity contribution >= 4 is 10.9 Å². The number of benzene rings is 1. The molecule has 1 saturated heterocycles. The molecular formula is C17H26N4O. The van der Waals surface area contributed by atoms with Gasteiger partial charge in [0.15, 0.2) is 0 Å². The smallest absolute Gasteiger partial charge is 0.0791 e. The average molecular weight is 302 g/mol. The van der Waals surface area contributed by atoms with Gasteiger partial charge in [-0.25, -0.2) is 0 Å². The van der Waals surface area contributed by atoms with Gasteiger partial charge in [-0.3, -0.25) is 5.10 Å². The highest BCUT2D eigenvalue weighted by Gasteiger charge is 2.18. The Morgan fingerprint density at radius 2 is 2.23 bits per heavy atom. The number of piperidine rings is 1. The zero-order valence-electron chi connectivity index (χ0n) is 13.3. The summed E-state index contributed by atoms with van der Waals surface area (Å²) < 4.78 is 0. The Morgan fingerprint density at radius 1 is 1.41 bits per heavy atom. The topological polar surface area (TPSA) is 64.2 Å². The van der Waals surface area contributed by atoms with Gasteiger partial charge in [0.1, 0.15) is 0 Å². The van der Waals surface area contributed by atoms with E-state index in [1.165, 1.54) is 18.4 Å². The number of para-hydroxylation sites is 1. The number of aliphatic hydroxyl groups is 1. The number of likely N-dealkylation sites (tertiary alicyclic amines) is 1. The van der Waals surface area contributed by atoms with E-state index in [0.717, 1.165) is 43.0 Å². The number of β-amino-alcohol motifs (C(OH)–C–C–N with tert-alkyl or cyclic N) is 1. The summed E-state index contributed by atoms with van der Waals surface area (Å²) in [5, 5.41) is 21.8. The van der Waals surface area contributed by atoms with E-state index in [9.17, 15) is 5.11 Å². The lowest BCUT2D eigenvalue weighted by Gasteiger charge is -2.31. The first-order valence-corrected chi connectivity index (χ1v) is 8.24. The van der Waals surface area contributed by atoms with E-state index < -0.39 is 0 Å². The molecule has 120 valence electrons. The molecule has 3 rings (SSSR count). The van der Waals surface area contributed by atoms with Gasteiger partial charge in [-0.15, -0.1) is 0 Å². The maximum Gasteiger partial charge on any atom is 0.0791 e. The van der Waals surface area contributed by atoms with Gasteiger partial charge in [0, 0.05) is 25.0 Å². The molecule has 0 saturated carbocycles. The minimum absolute atomic E-state index is 0.311. The van der Waals surface area contributed by atoms with Crippen LogP contribution in [0.2, 0.25) is 0 Å². The van der Waals surface area contributed by atoms with Crippen LogP contribution in [0.3, 0.4) is 0 Å². The predicted molar refractivity (Wildman–Crippen MR) is 88.6 cm³/mol. The Kier molecular flexibility index (Phi) is 5.08. The molecule has 0 amide bonds. The molecule has 1 aromatic carbocycles. The van der Waals surface area contributed by atoms with Gasteiger partial charge in [-0.2, -0.15) is 5.10 Å². The number of aromatic amines is 1. The van der Waals surface area contributed by atoms with Crippen molar-refractivity contribution in [1.29, 1.82) is 0 Å². The van der Waals surface area contributed by atoms with Crippen molar-refractivity contribution in [3.05, 3.63) is 30.0 Å². The minimum Gasteiger partial charge on any atom is -0.390 e. The molecule has 1 aromatic heterocycles. The predicted octanol–water partition coefficient (Wildman–Crippen LogP) is 1.75. The summed E-state index contributed by atoms with van der Waals surface area (Å²) in [4.78, 5) is 2.38. The van der Waals surface area contributed by atoms with Crippen molar-refractivity contribution in [2.45, 2.75) is 32.4 Å². The Hall–Kier alpha value is -1.43. The Balaban J connectivity index is 1.43. The van der Waals surface area contributed by atoms with Gasteiger partial charge in [-0.05, 0) is 37.4 Å². The summed E-state index contributed by atoms with van der Waals surface area (Å²) in [7, 11) is 0. The Bertz CT molecular complexity index is 589. The highest BCUT2D eigenvalue weighted by molar-refractivity contribution is 5.81. The number of nitrogens with zero attached hydrogens (tertiary/aromatic N) is 2. The summed E-state index contributed by atoms with van der Waals surface area (Å²) >= 11 is 0. The fourth-order valence-electron chi connectivity index (χ4n) is 3.16. The SMILES string of the molecule is CC1CCN(CC(O)CNCc2cccc3cn[nH]c23)CC1. The quantitative estimate of drug-likeness (QED) is 0.760. The first kappa shape index (κ1) is 15.5. The Morgan fingerprint density at radius 3 is 3.05 bits per heavy atom. The van der Waals surface area contributed by atoms with Crippen LogP contribution in [0.15, 0.2) is 24.4 Å². The molecule has 1 aliphatic heterocycles. The second kappa shape index (κ2) is 7.22. The van der Waals surface area contributed by atoms with Gasteiger partial charge in [0.2, 0.25) is 0 Å². The molecule has 1 unspecified atom stereocenters. The molecule has 0 radical (unpaired) electrons. The molecule has 0 spiro atoms. The van der Waals surface area contributed by atoms with Gasteiger partial charge < -0.3 is 15.3 Å². The number of rotatable bonds is 6. The summed E-state index contributed by atoms with van der Waals surface area (Å²) in [5.74, 6) is 0.835. The number of hydrogen-bond donors (Lipinski definition) is 3. The van der Waals surface area contributed by atoms with E-state index in [-0.39, 0.29) is 6.10 Å². The second-order valence-corrected chi connectivity index (χ2v) is 6.52. The summed E-state index contributed by atoms with van der Waals surface area (Å²) in [6.45, 7) is 6.68. The molecule has 5 nitrogen and oxygen atoms in total. The van der Waals surface area contributed by atoms with Crippen LogP contribution in [0.4, 0.5) is 0 Å². The van der Waals surface area contributed by atoms with E-state index in [1.807, 2.05) is 12.3 Å². The van der Waals surface area contributed by atoms with E-state index in [1.54, 1.807) is 0 Å². The average Bonchev–Trinajstić information content (AvgIpc) is 2.99. The molecule has 2 aromatic rings. The van der Waals surface area contributed by atoms with Crippen molar-refractivity contribution in [2.24, 2.45) is 5.92 Å². The lowest BCUT2D eigenvalue weighted by Crippen LogP contribution is -2.41. The van der Waals surface area contributed by atoms with E-state index in [2.05, 4.69) is 39.5 Å². The fraction of sp³-hybridized carbons (Fsp3) is 0.588. The third-order valence-corrected chi connectivity index (χ3v) is 4.60. The van der Waals surface area contributed by atoms with Crippen molar-refractivity contribution < 1.29 is 5.11 Å². The van der Waals surface area contributed by atoms with E-state index >= 15 is 0 Å². The van der Waals surface area contributed by atoms with Crippen molar-refractivity contribution in [1.82, 2.24) is 20.4 Å². The molecule has 0 aliphatic carbocycles. The molecule has 2 heterocycles. The number of fused-ring (bicyclic) bond motifs is 1. The third-order valence-electron chi connectivity index (χ3n) is 4.60. The van der Waals surface area contributed by atoms with Crippen LogP contribution in [-0.4, -0.2) is 52.5 Å². The largest absolute Gasteiger partial charge is 0.390 e. The summed E-state index contributed by atoms with van der Waals surface area (Å²) in [5.41, 5.74) is 2.27. The number of H-pyrrole nitrogens is 1. The summed E-state index contributed by atoms with van der Waals surface area (Å²) in [6.07, 6.45) is 4.03. The molecule has 5 heteroatoms. The first-order chi connectivity index (χ1) is 10.7. The van der Waals surface area contributed by atoms with E-state index in [0.29, 0.717) is 6.54 Å². The maximum absolute atomic E-state index is 10.2. The van der Waals surface area contributed by atoms with Crippen LogP contribution in [0, 0.1) is 5.92 Å². The third kappa shape index (κ3) is 3.85. The molecule has 1 aliphatic rings. The van der Waals surface area contributed by atoms with Gasteiger partial charge in [0.25, 0.3) is 0 Å². The summed E-state index contributed by atoms with van der Waals surface area (Å²) in [6, 6.07) is 6.18. The van der Waals surface area contributed by atoms with E-state index in [4.69, 9.17) is 0 Å². The van der Waals surface area contributed by atoms with Crippen LogP contribution >= 0.6 is 0 Å². The van der Waals surface area contributed by atoms with Gasteiger partial charge >= 0.3 is 0 Å². The molecular weight excluding hydrogens is 276 g/mol. The van der Waals surface area contributed by atoms with Crippen LogP contribution < -0.4 is 5.32 Å². The Labute approximate surface area is 131 Å². The van der Waals surface area contributed by atoms with Crippen LogP contribution in [0.5, 0.6) is 0 Å². The highest BCUT2D eigenvalue weighted by atomic mass is 16.3. The number of nitrogens with one attached hydrogen (secondary N) is 2. The molecule has 22 heavy (non-hydrogen) atoms. The second-order valence-electron chi connectivity index (χ2n) is 6.52. The number of aromatic nitrogens is 2. The minimum atomic E-state index is -0.311. The first-order valence-electron chi connectivity index (χ1n) is 8.24. The van der Waals surface area contributed by atoms with Gasteiger partial charge in [-0.1, -0.05) is 25.1 Å². The monoisotopic (exact) mass is 302 g/mol. The lowest BCUT2D eigenvalue weighted by molar-refractivity contribution is 0.0907. The molecule has 1 atom stereocenters. The molecule has 3 N–H and O–H groups in total. The highest BCUT2D eigenvalue weighted by Crippen LogP contribution is 2.16. The number of aliphatic hydroxyl groups excluding tert-OH is 1. The fourth-order valence-corrected chi connectivity index (χ4v) is 3.16.